The smallest absolute Gasteiger partial charge is 0.243 e. The van der Waals surface area contributed by atoms with Gasteiger partial charge in [-0.25, -0.2) is 4.98 Å². The van der Waals surface area contributed by atoms with Crippen LogP contribution in [0.5, 0.6) is 0 Å². The molecule has 2 N–H and O–H groups in total. The maximum absolute atomic E-state index is 12.3. The summed E-state index contributed by atoms with van der Waals surface area (Å²) in [6.07, 6.45) is 0. The SMILES string of the molecule is Cc1nc2ccc(NC(=O)C3CNCCN3C)cc2s1. The molecule has 0 saturated carbocycles. The highest BCUT2D eigenvalue weighted by Gasteiger charge is 2.25. The Morgan fingerprint density at radius 2 is 2.40 bits per heavy atom. The van der Waals surface area contributed by atoms with E-state index < -0.39 is 0 Å². The highest BCUT2D eigenvalue weighted by molar-refractivity contribution is 7.18. The molecule has 2 aromatic rings. The molecule has 1 atom stereocenters. The maximum atomic E-state index is 12.3. The van der Waals surface area contributed by atoms with Crippen LogP contribution in [-0.4, -0.2) is 48.5 Å². The van der Waals surface area contributed by atoms with Crippen LogP contribution in [0.1, 0.15) is 5.01 Å². The van der Waals surface area contributed by atoms with Gasteiger partial charge in [-0.3, -0.25) is 9.69 Å². The predicted octanol–water partition coefficient (Wildman–Crippen LogP) is 1.45. The van der Waals surface area contributed by atoms with Crippen molar-refractivity contribution in [3.05, 3.63) is 23.2 Å². The van der Waals surface area contributed by atoms with Crippen LogP contribution < -0.4 is 10.6 Å². The largest absolute Gasteiger partial charge is 0.325 e. The van der Waals surface area contributed by atoms with E-state index in [4.69, 9.17) is 0 Å². The topological polar surface area (TPSA) is 57.3 Å². The second-order valence-electron chi connectivity index (χ2n) is 5.11. The van der Waals surface area contributed by atoms with E-state index in [1.807, 2.05) is 32.2 Å². The summed E-state index contributed by atoms with van der Waals surface area (Å²) in [5.74, 6) is 0.0419. The van der Waals surface area contributed by atoms with Gasteiger partial charge in [0.15, 0.2) is 0 Å². The highest BCUT2D eigenvalue weighted by atomic mass is 32.1. The van der Waals surface area contributed by atoms with Crippen molar-refractivity contribution in [1.82, 2.24) is 15.2 Å². The molecular formula is C14H18N4OS. The molecule has 1 amide bonds. The molecule has 1 unspecified atom stereocenters. The molecule has 106 valence electrons. The molecule has 1 aliphatic heterocycles. The molecule has 1 saturated heterocycles. The number of hydrogen-bond acceptors (Lipinski definition) is 5. The Balaban J connectivity index is 1.76. The van der Waals surface area contributed by atoms with E-state index in [1.54, 1.807) is 11.3 Å². The van der Waals surface area contributed by atoms with Crippen molar-refractivity contribution in [1.29, 1.82) is 0 Å². The molecule has 20 heavy (non-hydrogen) atoms. The molecule has 0 radical (unpaired) electrons. The number of aryl methyl sites for hydroxylation is 1. The monoisotopic (exact) mass is 290 g/mol. The van der Waals surface area contributed by atoms with E-state index >= 15 is 0 Å². The van der Waals surface area contributed by atoms with Gasteiger partial charge in [0.05, 0.1) is 15.2 Å². The molecule has 1 aromatic heterocycles. The van der Waals surface area contributed by atoms with Gasteiger partial charge in [-0.05, 0) is 32.2 Å². The van der Waals surface area contributed by atoms with E-state index in [9.17, 15) is 4.79 Å². The van der Waals surface area contributed by atoms with Crippen LogP contribution in [-0.2, 0) is 4.79 Å². The summed E-state index contributed by atoms with van der Waals surface area (Å²) in [4.78, 5) is 18.8. The normalized spacial score (nSPS) is 20.2. The lowest BCUT2D eigenvalue weighted by Crippen LogP contribution is -2.54. The summed E-state index contributed by atoms with van der Waals surface area (Å²) in [5, 5.41) is 7.30. The standard InChI is InChI=1S/C14H18N4OS/c1-9-16-11-4-3-10(7-13(11)20-9)17-14(19)12-8-15-5-6-18(12)2/h3-4,7,12,15H,5-6,8H2,1-2H3,(H,17,19). The number of anilines is 1. The van der Waals surface area contributed by atoms with Crippen molar-refractivity contribution >= 4 is 33.1 Å². The first-order valence-corrected chi connectivity index (χ1v) is 7.54. The first kappa shape index (κ1) is 13.5. The number of nitrogens with zero attached hydrogens (tertiary/aromatic N) is 2. The second-order valence-corrected chi connectivity index (χ2v) is 6.34. The number of rotatable bonds is 2. The number of benzene rings is 1. The number of piperazine rings is 1. The quantitative estimate of drug-likeness (QED) is 0.879. The Morgan fingerprint density at radius 3 is 3.20 bits per heavy atom. The van der Waals surface area contributed by atoms with E-state index in [0.29, 0.717) is 6.54 Å². The molecule has 6 heteroatoms. The number of likely N-dealkylation sites (N-methyl/N-ethyl adjacent to an activating group) is 1. The number of thiazole rings is 1. The molecule has 0 aliphatic carbocycles. The van der Waals surface area contributed by atoms with Gasteiger partial charge in [0, 0.05) is 25.3 Å². The number of aromatic nitrogens is 1. The van der Waals surface area contributed by atoms with Crippen LogP contribution >= 0.6 is 11.3 Å². The van der Waals surface area contributed by atoms with Crippen molar-refractivity contribution in [2.45, 2.75) is 13.0 Å². The molecule has 5 nitrogen and oxygen atoms in total. The minimum atomic E-state index is -0.109. The van der Waals surface area contributed by atoms with Crippen molar-refractivity contribution < 1.29 is 4.79 Å². The van der Waals surface area contributed by atoms with E-state index in [2.05, 4.69) is 20.5 Å². The Bertz CT molecular complexity index is 639. The number of amides is 1. The number of fused-ring (bicyclic) bond motifs is 1. The first-order chi connectivity index (χ1) is 9.63. The lowest BCUT2D eigenvalue weighted by Gasteiger charge is -2.31. The predicted molar refractivity (Wildman–Crippen MR) is 82.3 cm³/mol. The van der Waals surface area contributed by atoms with Crippen LogP contribution in [0.25, 0.3) is 10.2 Å². The Hall–Kier alpha value is -1.50. The summed E-state index contributed by atoms with van der Waals surface area (Å²) in [7, 11) is 1.99. The lowest BCUT2D eigenvalue weighted by atomic mass is 10.2. The number of carbonyl (C=O) groups excluding carboxylic acids is 1. The van der Waals surface area contributed by atoms with E-state index in [1.165, 1.54) is 0 Å². The van der Waals surface area contributed by atoms with Gasteiger partial charge in [0.1, 0.15) is 6.04 Å². The summed E-state index contributed by atoms with van der Waals surface area (Å²) in [5.41, 5.74) is 1.83. The Kier molecular flexibility index (Phi) is 3.69. The average Bonchev–Trinajstić information content (AvgIpc) is 2.78. The minimum absolute atomic E-state index is 0.0419. The van der Waals surface area contributed by atoms with Crippen LogP contribution in [0.3, 0.4) is 0 Å². The van der Waals surface area contributed by atoms with Crippen molar-refractivity contribution in [2.75, 3.05) is 32.0 Å². The van der Waals surface area contributed by atoms with Gasteiger partial charge in [-0.15, -0.1) is 11.3 Å². The third kappa shape index (κ3) is 2.67. The third-order valence-electron chi connectivity index (χ3n) is 3.58. The zero-order valence-corrected chi connectivity index (χ0v) is 12.5. The molecular weight excluding hydrogens is 272 g/mol. The summed E-state index contributed by atoms with van der Waals surface area (Å²) in [6, 6.07) is 5.75. The first-order valence-electron chi connectivity index (χ1n) is 6.72. The summed E-state index contributed by atoms with van der Waals surface area (Å²) in [6.45, 7) is 4.52. The second kappa shape index (κ2) is 5.47. The van der Waals surface area contributed by atoms with Crippen LogP contribution in [0.4, 0.5) is 5.69 Å². The molecule has 0 spiro atoms. The zero-order valence-electron chi connectivity index (χ0n) is 11.6. The van der Waals surface area contributed by atoms with Crippen molar-refractivity contribution in [2.24, 2.45) is 0 Å². The van der Waals surface area contributed by atoms with Crippen molar-refractivity contribution in [3.8, 4) is 0 Å². The van der Waals surface area contributed by atoms with E-state index in [0.717, 1.165) is 34.0 Å². The fourth-order valence-electron chi connectivity index (χ4n) is 2.44. The number of carbonyl (C=O) groups is 1. The molecule has 2 heterocycles. The molecule has 1 aliphatic rings. The van der Waals surface area contributed by atoms with Gasteiger partial charge in [0.25, 0.3) is 0 Å². The van der Waals surface area contributed by atoms with Gasteiger partial charge >= 0.3 is 0 Å². The third-order valence-corrected chi connectivity index (χ3v) is 4.51. The summed E-state index contributed by atoms with van der Waals surface area (Å²) >= 11 is 1.64. The zero-order chi connectivity index (χ0) is 14.1. The highest BCUT2D eigenvalue weighted by Crippen LogP contribution is 2.24. The molecule has 1 fully saturated rings. The van der Waals surface area contributed by atoms with E-state index in [-0.39, 0.29) is 11.9 Å². The Morgan fingerprint density at radius 1 is 1.55 bits per heavy atom. The lowest BCUT2D eigenvalue weighted by molar-refractivity contribution is -0.121. The molecule has 3 rings (SSSR count). The fourth-order valence-corrected chi connectivity index (χ4v) is 3.31. The summed E-state index contributed by atoms with van der Waals surface area (Å²) < 4.78 is 1.11. The molecule has 1 aromatic carbocycles. The van der Waals surface area contributed by atoms with Crippen LogP contribution in [0.15, 0.2) is 18.2 Å². The Labute approximate surface area is 122 Å². The van der Waals surface area contributed by atoms with Gasteiger partial charge in [-0.2, -0.15) is 0 Å². The van der Waals surface area contributed by atoms with Crippen LogP contribution in [0, 0.1) is 6.92 Å². The van der Waals surface area contributed by atoms with Gasteiger partial charge in [-0.1, -0.05) is 0 Å². The van der Waals surface area contributed by atoms with Gasteiger partial charge < -0.3 is 10.6 Å². The van der Waals surface area contributed by atoms with Crippen molar-refractivity contribution in [3.63, 3.8) is 0 Å². The number of nitrogens with one attached hydrogen (secondary N) is 2. The number of hydrogen-bond donors (Lipinski definition) is 2. The minimum Gasteiger partial charge on any atom is -0.325 e. The van der Waals surface area contributed by atoms with Crippen LogP contribution in [0.2, 0.25) is 0 Å². The maximum Gasteiger partial charge on any atom is 0.243 e. The molecule has 0 bridgehead atoms. The average molecular weight is 290 g/mol. The fraction of sp³-hybridized carbons (Fsp3) is 0.429. The van der Waals surface area contributed by atoms with Gasteiger partial charge in [0.2, 0.25) is 5.91 Å².